The zero-order chi connectivity index (χ0) is 16.3. The molecule has 1 atom stereocenters. The smallest absolute Gasteiger partial charge is 0.221 e. The van der Waals surface area contributed by atoms with Gasteiger partial charge in [-0.3, -0.25) is 4.79 Å². The van der Waals surface area contributed by atoms with E-state index in [1.54, 1.807) is 0 Å². The molecule has 1 aliphatic heterocycles. The number of nitrogens with one attached hydrogen (secondary N) is 1. The summed E-state index contributed by atoms with van der Waals surface area (Å²) < 4.78 is 30.0. The minimum absolute atomic E-state index is 0.0387. The highest BCUT2D eigenvalue weighted by Crippen LogP contribution is 2.26. The SMILES string of the molecule is O=C(CCS(=O)(=O)C1CCCC1)N[C@H]1COc2ccccc2C1. The zero-order valence-electron chi connectivity index (χ0n) is 13.2. The average Bonchev–Trinajstić information content (AvgIpc) is 3.08. The lowest BCUT2D eigenvalue weighted by Crippen LogP contribution is -2.43. The lowest BCUT2D eigenvalue weighted by atomic mass is 10.0. The van der Waals surface area contributed by atoms with Crippen LogP contribution >= 0.6 is 0 Å². The average molecular weight is 337 g/mol. The molecule has 0 bridgehead atoms. The molecule has 0 spiro atoms. The normalized spacial score (nSPS) is 21.5. The fraction of sp³-hybridized carbons (Fsp3) is 0.588. The molecule has 1 aliphatic carbocycles. The molecular formula is C17H23NO4S. The van der Waals surface area contributed by atoms with Crippen LogP contribution in [-0.2, 0) is 21.1 Å². The van der Waals surface area contributed by atoms with E-state index in [0.29, 0.717) is 6.61 Å². The Morgan fingerprint density at radius 2 is 1.96 bits per heavy atom. The summed E-state index contributed by atoms with van der Waals surface area (Å²) in [5.41, 5.74) is 1.07. The Bertz CT molecular complexity index is 665. The largest absolute Gasteiger partial charge is 0.491 e. The summed E-state index contributed by atoms with van der Waals surface area (Å²) in [6.07, 6.45) is 4.21. The van der Waals surface area contributed by atoms with Crippen molar-refractivity contribution >= 4 is 15.7 Å². The number of fused-ring (bicyclic) bond motifs is 1. The molecule has 0 saturated heterocycles. The van der Waals surface area contributed by atoms with Gasteiger partial charge in [0.2, 0.25) is 5.91 Å². The summed E-state index contributed by atoms with van der Waals surface area (Å²) in [6, 6.07) is 7.68. The van der Waals surface area contributed by atoms with Crippen molar-refractivity contribution in [3.63, 3.8) is 0 Å². The number of benzene rings is 1. The second kappa shape index (κ2) is 6.91. The minimum Gasteiger partial charge on any atom is -0.491 e. The van der Waals surface area contributed by atoms with Crippen LogP contribution in [0.5, 0.6) is 5.75 Å². The maximum atomic E-state index is 12.2. The molecule has 1 saturated carbocycles. The Morgan fingerprint density at radius 1 is 1.22 bits per heavy atom. The van der Waals surface area contributed by atoms with E-state index >= 15 is 0 Å². The molecule has 1 N–H and O–H groups in total. The molecule has 1 fully saturated rings. The topological polar surface area (TPSA) is 72.5 Å². The predicted molar refractivity (Wildman–Crippen MR) is 88.2 cm³/mol. The number of carbonyl (C=O) groups is 1. The third-order valence-electron chi connectivity index (χ3n) is 4.67. The molecule has 1 heterocycles. The van der Waals surface area contributed by atoms with Gasteiger partial charge in [0, 0.05) is 6.42 Å². The van der Waals surface area contributed by atoms with E-state index in [1.165, 1.54) is 0 Å². The van der Waals surface area contributed by atoms with E-state index in [0.717, 1.165) is 43.4 Å². The monoisotopic (exact) mass is 337 g/mol. The molecule has 126 valence electrons. The van der Waals surface area contributed by atoms with Crippen LogP contribution in [0.1, 0.15) is 37.7 Å². The van der Waals surface area contributed by atoms with Crippen molar-refractivity contribution in [1.29, 1.82) is 0 Å². The first-order valence-electron chi connectivity index (χ1n) is 8.26. The van der Waals surface area contributed by atoms with Crippen LogP contribution in [0.3, 0.4) is 0 Å². The Balaban J connectivity index is 1.48. The van der Waals surface area contributed by atoms with E-state index in [1.807, 2.05) is 24.3 Å². The lowest BCUT2D eigenvalue weighted by molar-refractivity contribution is -0.121. The van der Waals surface area contributed by atoms with Gasteiger partial charge in [-0.1, -0.05) is 31.0 Å². The first-order chi connectivity index (χ1) is 11.0. The molecule has 0 aromatic heterocycles. The van der Waals surface area contributed by atoms with Crippen LogP contribution in [-0.4, -0.2) is 38.0 Å². The van der Waals surface area contributed by atoms with E-state index in [4.69, 9.17) is 4.74 Å². The van der Waals surface area contributed by atoms with Crippen molar-refractivity contribution in [3.8, 4) is 5.75 Å². The molecule has 1 aromatic carbocycles. The maximum absolute atomic E-state index is 12.2. The zero-order valence-corrected chi connectivity index (χ0v) is 14.0. The van der Waals surface area contributed by atoms with Crippen LogP contribution < -0.4 is 10.1 Å². The number of carbonyl (C=O) groups excluding carboxylic acids is 1. The van der Waals surface area contributed by atoms with Crippen LogP contribution in [0.2, 0.25) is 0 Å². The minimum atomic E-state index is -3.14. The van der Waals surface area contributed by atoms with E-state index in [-0.39, 0.29) is 29.4 Å². The Labute approximate surface area is 137 Å². The Hall–Kier alpha value is -1.56. The summed E-state index contributed by atoms with van der Waals surface area (Å²) in [7, 11) is -3.14. The second-order valence-corrected chi connectivity index (χ2v) is 8.81. The summed E-state index contributed by atoms with van der Waals surface area (Å²) >= 11 is 0. The number of amides is 1. The molecule has 5 nitrogen and oxygen atoms in total. The number of rotatable bonds is 5. The van der Waals surface area contributed by atoms with Crippen LogP contribution in [0, 0.1) is 0 Å². The predicted octanol–water partition coefficient (Wildman–Crippen LogP) is 1.85. The second-order valence-electron chi connectivity index (χ2n) is 6.41. The first kappa shape index (κ1) is 16.3. The number of hydrogen-bond donors (Lipinski definition) is 1. The first-order valence-corrected chi connectivity index (χ1v) is 9.98. The molecular weight excluding hydrogens is 314 g/mol. The van der Waals surface area contributed by atoms with E-state index in [2.05, 4.69) is 5.32 Å². The van der Waals surface area contributed by atoms with Gasteiger partial charge in [0.25, 0.3) is 0 Å². The van der Waals surface area contributed by atoms with Crippen molar-refractivity contribution in [2.45, 2.75) is 49.8 Å². The van der Waals surface area contributed by atoms with Crippen LogP contribution in [0.25, 0.3) is 0 Å². The molecule has 1 aromatic rings. The molecule has 0 unspecified atom stereocenters. The maximum Gasteiger partial charge on any atom is 0.221 e. The van der Waals surface area contributed by atoms with Gasteiger partial charge in [0.05, 0.1) is 17.0 Å². The summed E-state index contributed by atoms with van der Waals surface area (Å²) in [4.78, 5) is 12.1. The van der Waals surface area contributed by atoms with E-state index < -0.39 is 9.84 Å². The van der Waals surface area contributed by atoms with Crippen molar-refractivity contribution in [2.24, 2.45) is 0 Å². The number of hydrogen-bond acceptors (Lipinski definition) is 4. The van der Waals surface area contributed by atoms with Gasteiger partial charge in [0.1, 0.15) is 12.4 Å². The van der Waals surface area contributed by atoms with E-state index in [9.17, 15) is 13.2 Å². The van der Waals surface area contributed by atoms with Crippen LogP contribution in [0.15, 0.2) is 24.3 Å². The fourth-order valence-electron chi connectivity index (χ4n) is 3.37. The third-order valence-corrected chi connectivity index (χ3v) is 6.93. The Kier molecular flexibility index (Phi) is 4.90. The molecule has 3 rings (SSSR count). The summed E-state index contributed by atoms with van der Waals surface area (Å²) in [5.74, 6) is 0.606. The number of ether oxygens (including phenoxy) is 1. The molecule has 2 aliphatic rings. The van der Waals surface area contributed by atoms with Gasteiger partial charge in [-0.2, -0.15) is 0 Å². The van der Waals surface area contributed by atoms with Gasteiger partial charge in [0.15, 0.2) is 9.84 Å². The molecule has 1 amide bonds. The van der Waals surface area contributed by atoms with Gasteiger partial charge >= 0.3 is 0 Å². The standard InChI is InChI=1S/C17H23NO4S/c19-17(9-10-23(20,21)15-6-2-3-7-15)18-14-11-13-5-1-4-8-16(13)22-12-14/h1,4-5,8,14-15H,2-3,6-7,9-12H2,(H,18,19)/t14-/m1/s1. The van der Waals surface area contributed by atoms with Crippen molar-refractivity contribution in [1.82, 2.24) is 5.32 Å². The van der Waals surface area contributed by atoms with Crippen molar-refractivity contribution in [3.05, 3.63) is 29.8 Å². The van der Waals surface area contributed by atoms with Crippen molar-refractivity contribution in [2.75, 3.05) is 12.4 Å². The Morgan fingerprint density at radius 3 is 2.74 bits per heavy atom. The fourth-order valence-corrected chi connectivity index (χ4v) is 5.22. The molecule has 23 heavy (non-hydrogen) atoms. The number of sulfone groups is 1. The van der Waals surface area contributed by atoms with Gasteiger partial charge in [-0.05, 0) is 30.9 Å². The summed E-state index contributed by atoms with van der Waals surface area (Å²) in [6.45, 7) is 0.429. The lowest BCUT2D eigenvalue weighted by Gasteiger charge is -2.26. The van der Waals surface area contributed by atoms with Gasteiger partial charge in [-0.25, -0.2) is 8.42 Å². The number of para-hydroxylation sites is 1. The van der Waals surface area contributed by atoms with Crippen LogP contribution in [0.4, 0.5) is 0 Å². The van der Waals surface area contributed by atoms with Crippen molar-refractivity contribution < 1.29 is 17.9 Å². The highest BCUT2D eigenvalue weighted by Gasteiger charge is 2.29. The highest BCUT2D eigenvalue weighted by molar-refractivity contribution is 7.92. The highest BCUT2D eigenvalue weighted by atomic mass is 32.2. The third kappa shape index (κ3) is 4.05. The molecule has 6 heteroatoms. The quantitative estimate of drug-likeness (QED) is 0.890. The summed E-state index contributed by atoms with van der Waals surface area (Å²) in [5, 5.41) is 2.66. The molecule has 0 radical (unpaired) electrons. The van der Waals surface area contributed by atoms with Gasteiger partial charge in [-0.15, -0.1) is 0 Å². The van der Waals surface area contributed by atoms with Gasteiger partial charge < -0.3 is 10.1 Å².